The van der Waals surface area contributed by atoms with Crippen molar-refractivity contribution in [3.63, 3.8) is 0 Å². The van der Waals surface area contributed by atoms with E-state index in [0.717, 1.165) is 17.8 Å². The van der Waals surface area contributed by atoms with Gasteiger partial charge in [-0.1, -0.05) is 84.9 Å². The van der Waals surface area contributed by atoms with Crippen molar-refractivity contribution in [1.82, 2.24) is 0 Å². The fourth-order valence-electron chi connectivity index (χ4n) is 2.57. The summed E-state index contributed by atoms with van der Waals surface area (Å²) in [5, 5.41) is 6.75. The molecule has 0 aliphatic rings. The summed E-state index contributed by atoms with van der Waals surface area (Å²) in [6.45, 7) is 2.81. The van der Waals surface area contributed by atoms with Gasteiger partial charge in [-0.15, -0.1) is 0 Å². The molecule has 0 saturated heterocycles. The highest BCUT2D eigenvalue weighted by Crippen LogP contribution is 2.17. The van der Waals surface area contributed by atoms with E-state index in [2.05, 4.69) is 61.5 Å². The minimum atomic E-state index is 0.736. The van der Waals surface area contributed by atoms with Crippen LogP contribution in [-0.4, -0.2) is 6.21 Å². The van der Waals surface area contributed by atoms with Crippen LogP contribution in [0.4, 0.5) is 5.69 Å². The van der Waals surface area contributed by atoms with Gasteiger partial charge in [-0.05, 0) is 35.8 Å². The summed E-state index contributed by atoms with van der Waals surface area (Å²) in [6, 6.07) is 31.0. The number of hydrogen-bond donors (Lipinski definition) is 0. The molecule has 2 heteroatoms. The lowest BCUT2D eigenvalue weighted by molar-refractivity contribution is 0.858. The molecule has 0 aliphatic heterocycles. The molecular weight excluding hydrogens is 304 g/mol. The molecule has 0 spiro atoms. The van der Waals surface area contributed by atoms with Gasteiger partial charge in [0, 0.05) is 0 Å². The minimum Gasteiger partial charge on any atom is -0.261 e. The zero-order chi connectivity index (χ0) is 17.3. The highest BCUT2D eigenvalue weighted by molar-refractivity contribution is 5.85. The van der Waals surface area contributed by atoms with E-state index in [0.29, 0.717) is 0 Å². The third-order valence-corrected chi connectivity index (χ3v) is 3.82. The molecule has 0 fully saturated rings. The zero-order valence-electron chi connectivity index (χ0n) is 14.4. The number of allylic oxidation sites excluding steroid dienone is 1. The first kappa shape index (κ1) is 16.7. The summed E-state index contributed by atoms with van der Waals surface area (Å²) in [5.41, 5.74) is 4.60. The SMILES string of the molecule is CC(/C=N\N(Cc1ccccc1)c1ccccc1)=C\c1ccccc1. The highest BCUT2D eigenvalue weighted by Gasteiger charge is 2.05. The number of nitrogens with zero attached hydrogens (tertiary/aromatic N) is 2. The molecule has 25 heavy (non-hydrogen) atoms. The summed E-state index contributed by atoms with van der Waals surface area (Å²) in [7, 11) is 0. The van der Waals surface area contributed by atoms with Crippen molar-refractivity contribution in [1.29, 1.82) is 0 Å². The number of anilines is 1. The van der Waals surface area contributed by atoms with Gasteiger partial charge in [-0.25, -0.2) is 0 Å². The predicted octanol–water partition coefficient (Wildman–Crippen LogP) is 5.78. The molecule has 3 aromatic rings. The average Bonchev–Trinajstić information content (AvgIpc) is 2.67. The zero-order valence-corrected chi connectivity index (χ0v) is 14.4. The fourth-order valence-corrected chi connectivity index (χ4v) is 2.57. The lowest BCUT2D eigenvalue weighted by Crippen LogP contribution is -2.15. The molecule has 124 valence electrons. The highest BCUT2D eigenvalue weighted by atomic mass is 15.4. The maximum Gasteiger partial charge on any atom is 0.0666 e. The fraction of sp³-hybridized carbons (Fsp3) is 0.0870. The third kappa shape index (κ3) is 5.18. The Balaban J connectivity index is 1.81. The van der Waals surface area contributed by atoms with E-state index < -0.39 is 0 Å². The molecule has 0 atom stereocenters. The van der Waals surface area contributed by atoms with Crippen LogP contribution in [0.25, 0.3) is 6.08 Å². The van der Waals surface area contributed by atoms with E-state index in [1.165, 1.54) is 11.1 Å². The third-order valence-electron chi connectivity index (χ3n) is 3.82. The summed E-state index contributed by atoms with van der Waals surface area (Å²) < 4.78 is 0. The van der Waals surface area contributed by atoms with Gasteiger partial charge in [0.25, 0.3) is 0 Å². The molecule has 0 bridgehead atoms. The van der Waals surface area contributed by atoms with Gasteiger partial charge in [0.2, 0.25) is 0 Å². The number of hydrazone groups is 1. The Bertz CT molecular complexity index is 822. The molecule has 0 aliphatic carbocycles. The van der Waals surface area contributed by atoms with E-state index in [-0.39, 0.29) is 0 Å². The van der Waals surface area contributed by atoms with Crippen LogP contribution in [-0.2, 0) is 6.54 Å². The van der Waals surface area contributed by atoms with Crippen LogP contribution >= 0.6 is 0 Å². The summed E-state index contributed by atoms with van der Waals surface area (Å²) >= 11 is 0. The Labute approximate surface area is 149 Å². The van der Waals surface area contributed by atoms with Crippen LogP contribution in [0.5, 0.6) is 0 Å². The van der Waals surface area contributed by atoms with Gasteiger partial charge < -0.3 is 0 Å². The molecular formula is C23H22N2. The first-order chi connectivity index (χ1) is 12.3. The smallest absolute Gasteiger partial charge is 0.0666 e. The van der Waals surface area contributed by atoms with Crippen molar-refractivity contribution < 1.29 is 0 Å². The van der Waals surface area contributed by atoms with Crippen molar-refractivity contribution >= 4 is 18.0 Å². The van der Waals surface area contributed by atoms with E-state index in [4.69, 9.17) is 5.10 Å². The van der Waals surface area contributed by atoms with Gasteiger partial charge in [0.05, 0.1) is 18.4 Å². The monoisotopic (exact) mass is 326 g/mol. The van der Waals surface area contributed by atoms with Gasteiger partial charge in [0.15, 0.2) is 0 Å². The van der Waals surface area contributed by atoms with Crippen molar-refractivity contribution in [2.24, 2.45) is 5.10 Å². The van der Waals surface area contributed by atoms with Gasteiger partial charge in [0.1, 0.15) is 0 Å². The first-order valence-corrected chi connectivity index (χ1v) is 8.45. The Kier molecular flexibility index (Phi) is 5.78. The van der Waals surface area contributed by atoms with Crippen LogP contribution in [0.2, 0.25) is 0 Å². The minimum absolute atomic E-state index is 0.736. The molecule has 3 rings (SSSR count). The molecule has 2 nitrogen and oxygen atoms in total. The maximum absolute atomic E-state index is 4.73. The number of para-hydroxylation sites is 1. The second-order valence-electron chi connectivity index (χ2n) is 5.92. The van der Waals surface area contributed by atoms with Crippen LogP contribution in [0, 0.1) is 0 Å². The van der Waals surface area contributed by atoms with E-state index in [9.17, 15) is 0 Å². The lowest BCUT2D eigenvalue weighted by Gasteiger charge is -2.19. The van der Waals surface area contributed by atoms with Crippen molar-refractivity contribution in [3.8, 4) is 0 Å². The maximum atomic E-state index is 4.73. The molecule has 0 saturated carbocycles. The molecule has 0 unspecified atom stereocenters. The van der Waals surface area contributed by atoms with Crippen molar-refractivity contribution in [2.75, 3.05) is 5.01 Å². The largest absolute Gasteiger partial charge is 0.261 e. The Morgan fingerprint density at radius 1 is 0.800 bits per heavy atom. The van der Waals surface area contributed by atoms with Gasteiger partial charge in [-0.3, -0.25) is 5.01 Å². The normalized spacial score (nSPS) is 11.6. The van der Waals surface area contributed by atoms with E-state index >= 15 is 0 Å². The van der Waals surface area contributed by atoms with E-state index in [1.807, 2.05) is 53.7 Å². The Hall–Kier alpha value is -3.13. The van der Waals surface area contributed by atoms with Gasteiger partial charge in [-0.2, -0.15) is 5.10 Å². The Morgan fingerprint density at radius 2 is 1.36 bits per heavy atom. The molecule has 0 aromatic heterocycles. The number of hydrogen-bond acceptors (Lipinski definition) is 2. The van der Waals surface area contributed by atoms with Crippen LogP contribution in [0.15, 0.2) is 102 Å². The second kappa shape index (κ2) is 8.65. The topological polar surface area (TPSA) is 15.6 Å². The quantitative estimate of drug-likeness (QED) is 0.414. The first-order valence-electron chi connectivity index (χ1n) is 8.45. The second-order valence-corrected chi connectivity index (χ2v) is 5.92. The predicted molar refractivity (Wildman–Crippen MR) is 108 cm³/mol. The van der Waals surface area contributed by atoms with Crippen LogP contribution in [0.1, 0.15) is 18.1 Å². The van der Waals surface area contributed by atoms with E-state index in [1.54, 1.807) is 0 Å². The lowest BCUT2D eigenvalue weighted by atomic mass is 10.1. The molecule has 0 amide bonds. The van der Waals surface area contributed by atoms with Crippen LogP contribution < -0.4 is 5.01 Å². The van der Waals surface area contributed by atoms with Crippen molar-refractivity contribution in [3.05, 3.63) is 108 Å². The molecule has 0 radical (unpaired) electrons. The number of benzene rings is 3. The summed E-state index contributed by atoms with van der Waals surface area (Å²) in [6.07, 6.45) is 4.05. The summed E-state index contributed by atoms with van der Waals surface area (Å²) in [4.78, 5) is 0. The van der Waals surface area contributed by atoms with Crippen LogP contribution in [0.3, 0.4) is 0 Å². The molecule has 3 aromatic carbocycles. The van der Waals surface area contributed by atoms with Crippen molar-refractivity contribution in [2.45, 2.75) is 13.5 Å². The Morgan fingerprint density at radius 3 is 2.00 bits per heavy atom. The average molecular weight is 326 g/mol. The van der Waals surface area contributed by atoms with Gasteiger partial charge >= 0.3 is 0 Å². The summed E-state index contributed by atoms with van der Waals surface area (Å²) in [5.74, 6) is 0. The molecule has 0 N–H and O–H groups in total. The standard InChI is InChI=1S/C23H22N2/c1-20(17-21-11-5-2-6-12-21)18-24-25(23-15-9-4-10-16-23)19-22-13-7-3-8-14-22/h2-18H,19H2,1H3/b20-17+,24-18-. The number of rotatable bonds is 6. The molecule has 0 heterocycles.